The number of nitro groups is 1. The maximum atomic E-state index is 12.6. The summed E-state index contributed by atoms with van der Waals surface area (Å²) in [6.45, 7) is 1.87. The maximum Gasteiger partial charge on any atom is 0.269 e. The highest BCUT2D eigenvalue weighted by atomic mass is 35.5. The molecule has 3 rings (SSSR count). The Morgan fingerprint density at radius 2 is 1.97 bits per heavy atom. The number of halogens is 1. The summed E-state index contributed by atoms with van der Waals surface area (Å²) in [5, 5.41) is 23.4. The number of rotatable bonds is 8. The molecule has 0 atom stereocenters. The molecule has 172 valence electrons. The topological polar surface area (TPSA) is 114 Å². The second-order valence-electron chi connectivity index (χ2n) is 7.19. The van der Waals surface area contributed by atoms with Gasteiger partial charge in [0.15, 0.2) is 11.5 Å². The van der Waals surface area contributed by atoms with Gasteiger partial charge in [-0.15, -0.1) is 0 Å². The molecule has 0 saturated heterocycles. The first-order chi connectivity index (χ1) is 16.3. The molecular weight excluding hydrogens is 458 g/mol. The Hall–Kier alpha value is -4.35. The van der Waals surface area contributed by atoms with Crippen molar-refractivity contribution in [2.45, 2.75) is 13.5 Å². The predicted molar refractivity (Wildman–Crippen MR) is 129 cm³/mol. The molecule has 3 aromatic carbocycles. The number of hydrogen-bond donors (Lipinski definition) is 1. The van der Waals surface area contributed by atoms with Crippen LogP contribution in [0, 0.1) is 28.4 Å². The van der Waals surface area contributed by atoms with Crippen molar-refractivity contribution in [3.63, 3.8) is 0 Å². The van der Waals surface area contributed by atoms with Crippen LogP contribution in [0.2, 0.25) is 5.02 Å². The fourth-order valence-corrected chi connectivity index (χ4v) is 3.37. The summed E-state index contributed by atoms with van der Waals surface area (Å²) >= 11 is 6.39. The van der Waals surface area contributed by atoms with Crippen molar-refractivity contribution in [2.24, 2.45) is 0 Å². The van der Waals surface area contributed by atoms with E-state index in [1.807, 2.05) is 25.1 Å². The van der Waals surface area contributed by atoms with Crippen LogP contribution in [0.25, 0.3) is 6.08 Å². The first-order valence-corrected chi connectivity index (χ1v) is 10.4. The first kappa shape index (κ1) is 24.3. The van der Waals surface area contributed by atoms with E-state index in [1.54, 1.807) is 30.3 Å². The molecule has 0 aliphatic heterocycles. The van der Waals surface area contributed by atoms with Crippen LogP contribution in [0.4, 0.5) is 11.4 Å². The fraction of sp³-hybridized carbons (Fsp3) is 0.120. The molecule has 8 nitrogen and oxygen atoms in total. The fourth-order valence-electron chi connectivity index (χ4n) is 3.10. The summed E-state index contributed by atoms with van der Waals surface area (Å²) < 4.78 is 11.1. The van der Waals surface area contributed by atoms with E-state index in [2.05, 4.69) is 5.32 Å². The Labute approximate surface area is 201 Å². The number of carbonyl (C=O) groups is 1. The third-order valence-corrected chi connectivity index (χ3v) is 5.11. The van der Waals surface area contributed by atoms with Crippen molar-refractivity contribution >= 4 is 35.0 Å². The van der Waals surface area contributed by atoms with Crippen molar-refractivity contribution in [1.29, 1.82) is 5.26 Å². The van der Waals surface area contributed by atoms with Gasteiger partial charge in [0.1, 0.15) is 18.2 Å². The minimum Gasteiger partial charge on any atom is -0.493 e. The molecule has 0 heterocycles. The van der Waals surface area contributed by atoms with Gasteiger partial charge in [0.2, 0.25) is 0 Å². The Morgan fingerprint density at radius 3 is 2.65 bits per heavy atom. The minimum atomic E-state index is -0.558. The number of hydrogen-bond acceptors (Lipinski definition) is 6. The zero-order valence-corrected chi connectivity index (χ0v) is 19.1. The molecule has 0 aliphatic carbocycles. The van der Waals surface area contributed by atoms with Crippen LogP contribution in [-0.4, -0.2) is 17.9 Å². The van der Waals surface area contributed by atoms with Crippen LogP contribution in [0.15, 0.2) is 66.2 Å². The van der Waals surface area contributed by atoms with E-state index in [9.17, 15) is 20.2 Å². The van der Waals surface area contributed by atoms with Crippen LogP contribution >= 0.6 is 11.6 Å². The number of amides is 1. The highest BCUT2D eigenvalue weighted by molar-refractivity contribution is 6.32. The maximum absolute atomic E-state index is 12.6. The van der Waals surface area contributed by atoms with E-state index in [0.29, 0.717) is 16.8 Å². The molecule has 34 heavy (non-hydrogen) atoms. The summed E-state index contributed by atoms with van der Waals surface area (Å²) in [6, 6.07) is 18.3. The Bertz CT molecular complexity index is 1310. The monoisotopic (exact) mass is 477 g/mol. The number of methoxy groups -OCH3 is 1. The van der Waals surface area contributed by atoms with Crippen LogP contribution in [0.3, 0.4) is 0 Å². The number of nitrogens with zero attached hydrogens (tertiary/aromatic N) is 2. The van der Waals surface area contributed by atoms with E-state index in [0.717, 1.165) is 5.56 Å². The zero-order valence-electron chi connectivity index (χ0n) is 18.4. The average molecular weight is 478 g/mol. The van der Waals surface area contributed by atoms with Gasteiger partial charge in [-0.25, -0.2) is 0 Å². The standard InChI is InChI=1S/C25H20ClN3O5/c1-16-6-3-4-9-22(16)28-25(30)19(14-27)10-18-12-21(26)24(23(13-18)33-2)34-15-17-7-5-8-20(11-17)29(31)32/h3-13H,15H2,1-2H3,(H,28,30)/b19-10-. The number of benzene rings is 3. The van der Waals surface area contributed by atoms with Crippen molar-refractivity contribution in [3.05, 3.63) is 98.1 Å². The molecule has 0 unspecified atom stereocenters. The lowest BCUT2D eigenvalue weighted by Crippen LogP contribution is -2.14. The Morgan fingerprint density at radius 1 is 1.21 bits per heavy atom. The van der Waals surface area contributed by atoms with E-state index in [1.165, 1.54) is 31.4 Å². The molecule has 3 aromatic rings. The second-order valence-corrected chi connectivity index (χ2v) is 7.60. The van der Waals surface area contributed by atoms with E-state index < -0.39 is 10.8 Å². The number of para-hydroxylation sites is 1. The quantitative estimate of drug-likeness (QED) is 0.193. The van der Waals surface area contributed by atoms with Gasteiger partial charge >= 0.3 is 0 Å². The molecule has 9 heteroatoms. The highest BCUT2D eigenvalue weighted by Gasteiger charge is 2.15. The summed E-state index contributed by atoms with van der Waals surface area (Å²) in [4.78, 5) is 23.1. The van der Waals surface area contributed by atoms with Gasteiger partial charge in [0, 0.05) is 17.8 Å². The number of non-ortho nitro benzene ring substituents is 1. The molecular formula is C25H20ClN3O5. The van der Waals surface area contributed by atoms with Crippen molar-refractivity contribution in [2.75, 3.05) is 12.4 Å². The first-order valence-electron chi connectivity index (χ1n) is 10.0. The lowest BCUT2D eigenvalue weighted by atomic mass is 10.1. The molecule has 0 saturated carbocycles. The van der Waals surface area contributed by atoms with Crippen LogP contribution in [0.5, 0.6) is 11.5 Å². The molecule has 1 N–H and O–H groups in total. The van der Waals surface area contributed by atoms with Crippen LogP contribution in [0.1, 0.15) is 16.7 Å². The van der Waals surface area contributed by atoms with E-state index >= 15 is 0 Å². The summed E-state index contributed by atoms with van der Waals surface area (Å²) in [5.74, 6) is -0.0469. The Kier molecular flexibility index (Phi) is 7.85. The molecule has 0 spiro atoms. The number of nitro benzene ring substituents is 1. The average Bonchev–Trinajstić information content (AvgIpc) is 2.83. The Balaban J connectivity index is 1.83. The number of nitrogens with one attached hydrogen (secondary N) is 1. The number of ether oxygens (including phenoxy) is 2. The number of aryl methyl sites for hydroxylation is 1. The van der Waals surface area contributed by atoms with Crippen LogP contribution in [-0.2, 0) is 11.4 Å². The van der Waals surface area contributed by atoms with Gasteiger partial charge in [0.25, 0.3) is 11.6 Å². The second kappa shape index (κ2) is 11.0. The summed E-state index contributed by atoms with van der Waals surface area (Å²) in [5.41, 5.74) is 2.34. The predicted octanol–water partition coefficient (Wildman–Crippen LogP) is 5.69. The van der Waals surface area contributed by atoms with Gasteiger partial charge < -0.3 is 14.8 Å². The lowest BCUT2D eigenvalue weighted by Gasteiger charge is -2.14. The number of nitriles is 1. The largest absolute Gasteiger partial charge is 0.493 e. The minimum absolute atomic E-state index is 0.0230. The third kappa shape index (κ3) is 5.91. The van der Waals surface area contributed by atoms with Gasteiger partial charge in [-0.05, 0) is 47.9 Å². The normalized spacial score (nSPS) is 10.8. The van der Waals surface area contributed by atoms with Gasteiger partial charge in [-0.3, -0.25) is 14.9 Å². The smallest absolute Gasteiger partial charge is 0.269 e. The molecule has 0 bridgehead atoms. The molecule has 0 fully saturated rings. The van der Waals surface area contributed by atoms with Crippen LogP contribution < -0.4 is 14.8 Å². The summed E-state index contributed by atoms with van der Waals surface area (Å²) in [7, 11) is 1.43. The lowest BCUT2D eigenvalue weighted by molar-refractivity contribution is -0.384. The van der Waals surface area contributed by atoms with Crippen molar-refractivity contribution < 1.29 is 19.2 Å². The van der Waals surface area contributed by atoms with E-state index in [-0.39, 0.29) is 34.4 Å². The van der Waals surface area contributed by atoms with Gasteiger partial charge in [0.05, 0.1) is 17.1 Å². The van der Waals surface area contributed by atoms with Gasteiger partial charge in [-0.1, -0.05) is 41.9 Å². The summed E-state index contributed by atoms with van der Waals surface area (Å²) in [6.07, 6.45) is 1.40. The molecule has 0 aliphatic rings. The number of carbonyl (C=O) groups excluding carboxylic acids is 1. The SMILES string of the molecule is COc1cc(/C=C(/C#N)C(=O)Nc2ccccc2C)cc(Cl)c1OCc1cccc([N+](=O)[O-])c1. The van der Waals surface area contributed by atoms with Crippen molar-refractivity contribution in [1.82, 2.24) is 0 Å². The highest BCUT2D eigenvalue weighted by Crippen LogP contribution is 2.37. The van der Waals surface area contributed by atoms with Gasteiger partial charge in [-0.2, -0.15) is 5.26 Å². The van der Waals surface area contributed by atoms with Crippen molar-refractivity contribution in [3.8, 4) is 17.6 Å². The van der Waals surface area contributed by atoms with E-state index in [4.69, 9.17) is 21.1 Å². The molecule has 0 aromatic heterocycles. The third-order valence-electron chi connectivity index (χ3n) is 4.83. The molecule has 0 radical (unpaired) electrons. The zero-order chi connectivity index (χ0) is 24.7. The number of anilines is 1. The molecule has 1 amide bonds.